The Labute approximate surface area is 125 Å². The summed E-state index contributed by atoms with van der Waals surface area (Å²) in [6, 6.07) is 8.31. The van der Waals surface area contributed by atoms with Crippen LogP contribution in [-0.4, -0.2) is 10.1 Å². The molecule has 0 saturated heterocycles. The molecule has 0 spiro atoms. The van der Waals surface area contributed by atoms with Crippen LogP contribution < -0.4 is 5.73 Å². The number of hydrogen-bond donors (Lipinski definition) is 1. The van der Waals surface area contributed by atoms with Gasteiger partial charge in [-0.1, -0.05) is 50.9 Å². The lowest BCUT2D eigenvalue weighted by Gasteiger charge is -2.18. The van der Waals surface area contributed by atoms with E-state index in [0.29, 0.717) is 11.7 Å². The van der Waals surface area contributed by atoms with Crippen molar-refractivity contribution >= 4 is 0 Å². The Hall–Kier alpha value is -1.68. The molecule has 1 aromatic heterocycles. The molecule has 1 aromatic carbocycles. The molecule has 4 heteroatoms. The van der Waals surface area contributed by atoms with E-state index in [-0.39, 0.29) is 5.41 Å². The molecule has 0 radical (unpaired) electrons. The summed E-state index contributed by atoms with van der Waals surface area (Å²) < 4.78 is 5.41. The molecule has 1 aliphatic carbocycles. The third kappa shape index (κ3) is 2.72. The minimum atomic E-state index is -0.396. The third-order valence-corrected chi connectivity index (χ3v) is 4.37. The molecule has 0 atom stereocenters. The molecule has 0 unspecified atom stereocenters. The first kappa shape index (κ1) is 14.3. The average molecular weight is 285 g/mol. The first-order valence-electron chi connectivity index (χ1n) is 7.62. The maximum Gasteiger partial charge on any atom is 0.257 e. The van der Waals surface area contributed by atoms with Crippen LogP contribution in [0.4, 0.5) is 0 Å². The first-order valence-corrected chi connectivity index (χ1v) is 7.62. The van der Waals surface area contributed by atoms with E-state index in [1.807, 2.05) is 12.1 Å². The van der Waals surface area contributed by atoms with Gasteiger partial charge in [-0.15, -0.1) is 0 Å². The van der Waals surface area contributed by atoms with E-state index in [1.165, 1.54) is 5.56 Å². The van der Waals surface area contributed by atoms with E-state index >= 15 is 0 Å². The quantitative estimate of drug-likeness (QED) is 0.912. The summed E-state index contributed by atoms with van der Waals surface area (Å²) in [4.78, 5) is 4.52. The number of nitrogens with zero attached hydrogens (tertiary/aromatic N) is 2. The topological polar surface area (TPSA) is 64.9 Å². The van der Waals surface area contributed by atoms with Gasteiger partial charge in [0.25, 0.3) is 5.89 Å². The van der Waals surface area contributed by atoms with E-state index < -0.39 is 5.54 Å². The second-order valence-electron chi connectivity index (χ2n) is 7.11. The zero-order valence-electron chi connectivity index (χ0n) is 13.0. The molecular weight excluding hydrogens is 262 g/mol. The zero-order valence-corrected chi connectivity index (χ0v) is 13.0. The van der Waals surface area contributed by atoms with E-state index in [1.54, 1.807) is 0 Å². The molecule has 4 nitrogen and oxygen atoms in total. The van der Waals surface area contributed by atoms with E-state index in [2.05, 4.69) is 43.0 Å². The summed E-state index contributed by atoms with van der Waals surface area (Å²) >= 11 is 0. The predicted octanol–water partition coefficient (Wildman–Crippen LogP) is 3.76. The molecule has 112 valence electrons. The summed E-state index contributed by atoms with van der Waals surface area (Å²) in [6.45, 7) is 6.60. The van der Waals surface area contributed by atoms with Gasteiger partial charge in [-0.3, -0.25) is 0 Å². The minimum Gasteiger partial charge on any atom is -0.334 e. The fraction of sp³-hybridized carbons (Fsp3) is 0.529. The Morgan fingerprint density at radius 1 is 1.10 bits per heavy atom. The van der Waals surface area contributed by atoms with Gasteiger partial charge in [0.2, 0.25) is 0 Å². The summed E-state index contributed by atoms with van der Waals surface area (Å²) in [7, 11) is 0. The SMILES string of the molecule is CC(C)(C)c1ccc(-c2nc(C3(N)CCCC3)no2)cc1. The van der Waals surface area contributed by atoms with Crippen molar-refractivity contribution in [3.05, 3.63) is 35.7 Å². The van der Waals surface area contributed by atoms with Gasteiger partial charge in [0, 0.05) is 5.56 Å². The maximum atomic E-state index is 6.37. The van der Waals surface area contributed by atoms with Gasteiger partial charge in [-0.2, -0.15) is 4.98 Å². The second-order valence-corrected chi connectivity index (χ2v) is 7.11. The Morgan fingerprint density at radius 2 is 1.71 bits per heavy atom. The van der Waals surface area contributed by atoms with Gasteiger partial charge in [0.1, 0.15) is 0 Å². The van der Waals surface area contributed by atoms with Crippen LogP contribution in [0.2, 0.25) is 0 Å². The Balaban J connectivity index is 1.86. The molecule has 0 amide bonds. The van der Waals surface area contributed by atoms with Gasteiger partial charge < -0.3 is 10.3 Å². The van der Waals surface area contributed by atoms with Crippen LogP contribution in [-0.2, 0) is 11.0 Å². The first-order chi connectivity index (χ1) is 9.88. The molecule has 1 fully saturated rings. The molecule has 0 bridgehead atoms. The number of rotatable bonds is 2. The van der Waals surface area contributed by atoms with Crippen molar-refractivity contribution in [1.82, 2.24) is 10.1 Å². The molecular formula is C17H23N3O. The van der Waals surface area contributed by atoms with Crippen molar-refractivity contribution in [1.29, 1.82) is 0 Å². The summed E-state index contributed by atoms with van der Waals surface area (Å²) in [5.41, 5.74) is 8.35. The van der Waals surface area contributed by atoms with E-state index in [4.69, 9.17) is 10.3 Å². The van der Waals surface area contributed by atoms with Gasteiger partial charge in [0.15, 0.2) is 5.82 Å². The Morgan fingerprint density at radius 3 is 2.29 bits per heavy atom. The highest BCUT2D eigenvalue weighted by Gasteiger charge is 2.36. The highest BCUT2D eigenvalue weighted by molar-refractivity contribution is 5.54. The van der Waals surface area contributed by atoms with Crippen molar-refractivity contribution in [3.8, 4) is 11.5 Å². The fourth-order valence-corrected chi connectivity index (χ4v) is 2.89. The predicted molar refractivity (Wildman–Crippen MR) is 82.8 cm³/mol. The Kier molecular flexibility index (Phi) is 3.36. The lowest BCUT2D eigenvalue weighted by Crippen LogP contribution is -2.34. The molecule has 1 aliphatic rings. The molecule has 21 heavy (non-hydrogen) atoms. The number of aromatic nitrogens is 2. The van der Waals surface area contributed by atoms with Crippen molar-refractivity contribution in [2.75, 3.05) is 0 Å². The lowest BCUT2D eigenvalue weighted by molar-refractivity contribution is 0.372. The normalized spacial score (nSPS) is 18.1. The van der Waals surface area contributed by atoms with Crippen LogP contribution in [0.5, 0.6) is 0 Å². The van der Waals surface area contributed by atoms with Crippen LogP contribution in [0.25, 0.3) is 11.5 Å². The molecule has 0 aliphatic heterocycles. The van der Waals surface area contributed by atoms with Gasteiger partial charge in [0.05, 0.1) is 5.54 Å². The van der Waals surface area contributed by atoms with Crippen molar-refractivity contribution in [2.45, 2.75) is 57.4 Å². The average Bonchev–Trinajstić information content (AvgIpc) is 3.07. The molecule has 1 saturated carbocycles. The van der Waals surface area contributed by atoms with Gasteiger partial charge >= 0.3 is 0 Å². The van der Waals surface area contributed by atoms with Crippen LogP contribution in [0.3, 0.4) is 0 Å². The number of nitrogens with two attached hydrogens (primary N) is 1. The largest absolute Gasteiger partial charge is 0.334 e. The zero-order chi connectivity index (χ0) is 15.1. The Bertz CT molecular complexity index is 616. The van der Waals surface area contributed by atoms with Crippen LogP contribution >= 0.6 is 0 Å². The maximum absolute atomic E-state index is 6.37. The molecule has 2 N–H and O–H groups in total. The monoisotopic (exact) mass is 285 g/mol. The van der Waals surface area contributed by atoms with E-state index in [0.717, 1.165) is 31.2 Å². The van der Waals surface area contributed by atoms with Crippen LogP contribution in [0.1, 0.15) is 57.8 Å². The van der Waals surface area contributed by atoms with Gasteiger partial charge in [-0.05, 0) is 36.0 Å². The van der Waals surface area contributed by atoms with Crippen molar-refractivity contribution in [3.63, 3.8) is 0 Å². The van der Waals surface area contributed by atoms with Gasteiger partial charge in [-0.25, -0.2) is 0 Å². The summed E-state index contributed by atoms with van der Waals surface area (Å²) in [5, 5.41) is 4.11. The summed E-state index contributed by atoms with van der Waals surface area (Å²) in [5.74, 6) is 1.21. The molecule has 1 heterocycles. The fourth-order valence-electron chi connectivity index (χ4n) is 2.89. The lowest BCUT2D eigenvalue weighted by atomic mass is 9.87. The summed E-state index contributed by atoms with van der Waals surface area (Å²) in [6.07, 6.45) is 4.16. The third-order valence-electron chi connectivity index (χ3n) is 4.37. The standard InChI is InChI=1S/C17H23N3O/c1-16(2,3)13-8-6-12(7-9-13)14-19-15(20-21-14)17(18)10-4-5-11-17/h6-9H,4-5,10-11,18H2,1-3H3. The van der Waals surface area contributed by atoms with Crippen molar-refractivity contribution < 1.29 is 4.52 Å². The minimum absolute atomic E-state index is 0.143. The van der Waals surface area contributed by atoms with Crippen LogP contribution in [0.15, 0.2) is 28.8 Å². The smallest absolute Gasteiger partial charge is 0.257 e. The van der Waals surface area contributed by atoms with Crippen LogP contribution in [0, 0.1) is 0 Å². The second kappa shape index (κ2) is 4.95. The highest BCUT2D eigenvalue weighted by Crippen LogP contribution is 2.35. The van der Waals surface area contributed by atoms with E-state index in [9.17, 15) is 0 Å². The molecule has 3 rings (SSSR count). The number of benzene rings is 1. The number of hydrogen-bond acceptors (Lipinski definition) is 4. The van der Waals surface area contributed by atoms with Crippen molar-refractivity contribution in [2.24, 2.45) is 5.73 Å². The molecule has 2 aromatic rings. The highest BCUT2D eigenvalue weighted by atomic mass is 16.5.